The summed E-state index contributed by atoms with van der Waals surface area (Å²) < 4.78 is 11.6. The monoisotopic (exact) mass is 454 g/mol. The summed E-state index contributed by atoms with van der Waals surface area (Å²) in [6, 6.07) is 13.1. The molecule has 0 unspecified atom stereocenters. The van der Waals surface area contributed by atoms with Crippen molar-refractivity contribution in [2.45, 2.75) is 12.8 Å². The number of carbonyl (C=O) groups excluding carboxylic acids is 2. The molecule has 1 aliphatic heterocycles. The number of carbonyl (C=O) groups is 2. The minimum atomic E-state index is -0.705. The molecular formula is C23H26N4O4S. The van der Waals surface area contributed by atoms with Crippen LogP contribution in [0.3, 0.4) is 0 Å². The number of nitrogens with zero attached hydrogens (tertiary/aromatic N) is 2. The Balaban J connectivity index is 1.24. The van der Waals surface area contributed by atoms with Gasteiger partial charge >= 0.3 is 11.8 Å². The highest BCUT2D eigenvalue weighted by Crippen LogP contribution is 2.31. The molecule has 0 aliphatic carbocycles. The quantitative estimate of drug-likeness (QED) is 0.556. The number of para-hydroxylation sites is 1. The number of piperidine rings is 1. The van der Waals surface area contributed by atoms with Crippen molar-refractivity contribution in [3.05, 3.63) is 42.5 Å². The first-order chi connectivity index (χ1) is 15.6. The number of amides is 2. The van der Waals surface area contributed by atoms with Crippen molar-refractivity contribution in [1.82, 2.24) is 10.3 Å². The van der Waals surface area contributed by atoms with Crippen LogP contribution in [0.15, 0.2) is 42.5 Å². The lowest BCUT2D eigenvalue weighted by atomic mass is 9.97. The summed E-state index contributed by atoms with van der Waals surface area (Å²) in [4.78, 5) is 31.5. The van der Waals surface area contributed by atoms with Gasteiger partial charge in [-0.05, 0) is 43.0 Å². The molecule has 4 rings (SSSR count). The molecule has 1 fully saturated rings. The van der Waals surface area contributed by atoms with Crippen LogP contribution in [-0.2, 0) is 9.59 Å². The number of nitrogens with one attached hydrogen (secondary N) is 2. The van der Waals surface area contributed by atoms with E-state index in [1.807, 2.05) is 18.2 Å². The standard InChI is InChI=1S/C23H26N4O4S/c1-30-18-8-7-16(13-19(18)31-2)25-22(29)21(28)24-14-15-9-11-27(12-10-15)23-26-17-5-3-4-6-20(17)32-23/h3-8,13,15H,9-12,14H2,1-2H3,(H,24,28)(H,25,29). The fourth-order valence-corrected chi connectivity index (χ4v) is 4.76. The Bertz CT molecular complexity index is 1080. The highest BCUT2D eigenvalue weighted by molar-refractivity contribution is 7.22. The number of rotatable bonds is 6. The number of ether oxygens (including phenoxy) is 2. The predicted molar refractivity (Wildman–Crippen MR) is 126 cm³/mol. The van der Waals surface area contributed by atoms with Gasteiger partial charge in [0.25, 0.3) is 0 Å². The second-order valence-electron chi connectivity index (χ2n) is 7.63. The number of anilines is 2. The molecule has 1 aromatic heterocycles. The van der Waals surface area contributed by atoms with Crippen LogP contribution in [0.25, 0.3) is 10.2 Å². The van der Waals surface area contributed by atoms with Gasteiger partial charge in [0.15, 0.2) is 16.6 Å². The third kappa shape index (κ3) is 4.94. The summed E-state index contributed by atoms with van der Waals surface area (Å²) in [5.74, 6) is 0.00807. The predicted octanol–water partition coefficient (Wildman–Crippen LogP) is 3.28. The highest BCUT2D eigenvalue weighted by atomic mass is 32.1. The number of hydrogen-bond donors (Lipinski definition) is 2. The van der Waals surface area contributed by atoms with Crippen molar-refractivity contribution < 1.29 is 19.1 Å². The molecule has 2 heterocycles. The summed E-state index contributed by atoms with van der Waals surface area (Å²) in [7, 11) is 3.05. The van der Waals surface area contributed by atoms with Gasteiger partial charge < -0.3 is 25.0 Å². The van der Waals surface area contributed by atoms with Gasteiger partial charge in [-0.1, -0.05) is 23.5 Å². The Morgan fingerprint density at radius 3 is 2.53 bits per heavy atom. The molecule has 3 aromatic rings. The molecule has 2 amide bonds. The molecule has 0 radical (unpaired) electrons. The Morgan fingerprint density at radius 1 is 1.06 bits per heavy atom. The van der Waals surface area contributed by atoms with E-state index in [9.17, 15) is 9.59 Å². The van der Waals surface area contributed by atoms with Crippen LogP contribution in [0.2, 0.25) is 0 Å². The van der Waals surface area contributed by atoms with Crippen molar-refractivity contribution in [1.29, 1.82) is 0 Å². The molecule has 2 N–H and O–H groups in total. The average molecular weight is 455 g/mol. The Hall–Kier alpha value is -3.33. The molecule has 1 saturated heterocycles. The molecular weight excluding hydrogens is 428 g/mol. The Morgan fingerprint density at radius 2 is 1.81 bits per heavy atom. The third-order valence-electron chi connectivity index (χ3n) is 5.57. The van der Waals surface area contributed by atoms with E-state index in [4.69, 9.17) is 14.5 Å². The van der Waals surface area contributed by atoms with Crippen LogP contribution in [0.4, 0.5) is 10.8 Å². The maximum Gasteiger partial charge on any atom is 0.313 e. The highest BCUT2D eigenvalue weighted by Gasteiger charge is 2.23. The molecule has 32 heavy (non-hydrogen) atoms. The Labute approximate surface area is 190 Å². The first kappa shape index (κ1) is 21.9. The first-order valence-corrected chi connectivity index (χ1v) is 11.3. The zero-order valence-electron chi connectivity index (χ0n) is 18.1. The molecule has 168 valence electrons. The topological polar surface area (TPSA) is 92.8 Å². The third-order valence-corrected chi connectivity index (χ3v) is 6.66. The summed E-state index contributed by atoms with van der Waals surface area (Å²) in [5, 5.41) is 6.40. The zero-order chi connectivity index (χ0) is 22.5. The summed E-state index contributed by atoms with van der Waals surface area (Å²) in [6.45, 7) is 2.25. The van der Waals surface area contributed by atoms with Crippen LogP contribution in [-0.4, -0.2) is 50.7 Å². The van der Waals surface area contributed by atoms with Gasteiger partial charge in [0.2, 0.25) is 0 Å². The van der Waals surface area contributed by atoms with Crippen LogP contribution in [0, 0.1) is 5.92 Å². The van der Waals surface area contributed by atoms with Gasteiger partial charge in [-0.3, -0.25) is 9.59 Å². The smallest absolute Gasteiger partial charge is 0.313 e. The van der Waals surface area contributed by atoms with Crippen LogP contribution >= 0.6 is 11.3 Å². The van der Waals surface area contributed by atoms with Crippen LogP contribution < -0.4 is 25.0 Å². The molecule has 2 aromatic carbocycles. The molecule has 8 nitrogen and oxygen atoms in total. The fourth-order valence-electron chi connectivity index (χ4n) is 3.74. The molecule has 9 heteroatoms. The maximum absolute atomic E-state index is 12.3. The second kappa shape index (κ2) is 9.86. The lowest BCUT2D eigenvalue weighted by Gasteiger charge is -2.31. The van der Waals surface area contributed by atoms with E-state index in [0.29, 0.717) is 29.6 Å². The van der Waals surface area contributed by atoms with Crippen molar-refractivity contribution in [2.75, 3.05) is 44.1 Å². The van der Waals surface area contributed by atoms with Crippen LogP contribution in [0.1, 0.15) is 12.8 Å². The SMILES string of the molecule is COc1ccc(NC(=O)C(=O)NCC2CCN(c3nc4ccccc4s3)CC2)cc1OC. The number of fused-ring (bicyclic) bond motifs is 1. The van der Waals surface area contributed by atoms with Gasteiger partial charge in [-0.25, -0.2) is 4.98 Å². The zero-order valence-corrected chi connectivity index (χ0v) is 18.9. The molecule has 1 aliphatic rings. The van der Waals surface area contributed by atoms with Gasteiger partial charge in [0.05, 0.1) is 24.4 Å². The van der Waals surface area contributed by atoms with E-state index in [1.165, 1.54) is 18.9 Å². The lowest BCUT2D eigenvalue weighted by Crippen LogP contribution is -2.41. The van der Waals surface area contributed by atoms with Gasteiger partial charge in [0, 0.05) is 31.4 Å². The number of benzene rings is 2. The fraction of sp³-hybridized carbons (Fsp3) is 0.348. The largest absolute Gasteiger partial charge is 0.493 e. The molecule has 0 spiro atoms. The summed E-state index contributed by atoms with van der Waals surface area (Å²) >= 11 is 1.71. The number of aromatic nitrogens is 1. The molecule has 0 saturated carbocycles. The van der Waals surface area contributed by atoms with E-state index in [2.05, 4.69) is 21.6 Å². The van der Waals surface area contributed by atoms with Crippen molar-refractivity contribution in [3.63, 3.8) is 0 Å². The minimum absolute atomic E-state index is 0.332. The van der Waals surface area contributed by atoms with E-state index in [1.54, 1.807) is 29.5 Å². The van der Waals surface area contributed by atoms with Crippen molar-refractivity contribution >= 4 is 44.2 Å². The summed E-state index contributed by atoms with van der Waals surface area (Å²) in [6.07, 6.45) is 1.88. The maximum atomic E-state index is 12.3. The van der Waals surface area contributed by atoms with Crippen molar-refractivity contribution in [3.8, 4) is 11.5 Å². The lowest BCUT2D eigenvalue weighted by molar-refractivity contribution is -0.136. The number of methoxy groups -OCH3 is 2. The Kier molecular flexibility index (Phi) is 6.75. The van der Waals surface area contributed by atoms with Crippen molar-refractivity contribution in [2.24, 2.45) is 5.92 Å². The molecule has 0 atom stereocenters. The molecule has 0 bridgehead atoms. The van der Waals surface area contributed by atoms with E-state index in [0.717, 1.165) is 36.6 Å². The van der Waals surface area contributed by atoms with E-state index >= 15 is 0 Å². The van der Waals surface area contributed by atoms with Gasteiger partial charge in [0.1, 0.15) is 0 Å². The average Bonchev–Trinajstić information content (AvgIpc) is 3.27. The normalized spacial score (nSPS) is 14.2. The number of thiazole rings is 1. The van der Waals surface area contributed by atoms with Gasteiger partial charge in [-0.15, -0.1) is 0 Å². The first-order valence-electron chi connectivity index (χ1n) is 10.5. The second-order valence-corrected chi connectivity index (χ2v) is 8.64. The van der Waals surface area contributed by atoms with E-state index < -0.39 is 11.8 Å². The van der Waals surface area contributed by atoms with Crippen LogP contribution in [0.5, 0.6) is 11.5 Å². The minimum Gasteiger partial charge on any atom is -0.493 e. The summed E-state index contributed by atoms with van der Waals surface area (Å²) in [5.41, 5.74) is 1.49. The number of hydrogen-bond acceptors (Lipinski definition) is 7. The van der Waals surface area contributed by atoms with Gasteiger partial charge in [-0.2, -0.15) is 0 Å². The van der Waals surface area contributed by atoms with E-state index in [-0.39, 0.29) is 0 Å².